The van der Waals surface area contributed by atoms with Crippen molar-refractivity contribution in [2.75, 3.05) is 0 Å². The number of hydrogen-bond donors (Lipinski definition) is 1. The summed E-state index contributed by atoms with van der Waals surface area (Å²) < 4.78 is 0. The van der Waals surface area contributed by atoms with E-state index in [1.807, 2.05) is 6.92 Å². The van der Waals surface area contributed by atoms with Crippen molar-refractivity contribution in [1.82, 2.24) is 0 Å². The number of aliphatic carboxylic acids is 1. The summed E-state index contributed by atoms with van der Waals surface area (Å²) in [5.74, 6) is -0.927. The first-order valence-electron chi connectivity index (χ1n) is 8.66. The third kappa shape index (κ3) is 23.1. The number of aliphatic hydroxyl groups excluding tert-OH is 1. The van der Waals surface area contributed by atoms with E-state index in [0.29, 0.717) is 0 Å². The van der Waals surface area contributed by atoms with Crippen LogP contribution in [-0.2, 0) is 4.79 Å². The Hall–Kier alpha value is 0.806. The Kier molecular flexibility index (Phi) is 22.6. The summed E-state index contributed by atoms with van der Waals surface area (Å²) in [4.78, 5) is 10.2. The molecule has 0 aliphatic carbocycles. The minimum Gasteiger partial charge on any atom is -0.550 e. The maximum absolute atomic E-state index is 10.2. The fourth-order valence-corrected chi connectivity index (χ4v) is 2.35. The van der Waals surface area contributed by atoms with E-state index in [0.717, 1.165) is 38.5 Å². The van der Waals surface area contributed by atoms with Gasteiger partial charge in [-0.1, -0.05) is 50.7 Å². The first-order valence-corrected chi connectivity index (χ1v) is 8.66. The van der Waals surface area contributed by atoms with E-state index < -0.39 is 5.97 Å². The van der Waals surface area contributed by atoms with E-state index in [4.69, 9.17) is 5.11 Å². The van der Waals surface area contributed by atoms with Gasteiger partial charge < -0.3 is 15.0 Å². The molecule has 3 nitrogen and oxygen atoms in total. The van der Waals surface area contributed by atoms with Gasteiger partial charge in [-0.3, -0.25) is 0 Å². The summed E-state index contributed by atoms with van der Waals surface area (Å²) in [6, 6.07) is 0. The molecule has 0 saturated carbocycles. The molecule has 0 radical (unpaired) electrons. The Morgan fingerprint density at radius 2 is 1.36 bits per heavy atom. The summed E-state index contributed by atoms with van der Waals surface area (Å²) in [7, 11) is 0. The van der Waals surface area contributed by atoms with Crippen molar-refractivity contribution >= 4 is 5.97 Å². The minimum atomic E-state index is -0.927. The van der Waals surface area contributed by atoms with Crippen LogP contribution in [0.5, 0.6) is 0 Å². The van der Waals surface area contributed by atoms with E-state index in [1.54, 1.807) is 0 Å². The summed E-state index contributed by atoms with van der Waals surface area (Å²) >= 11 is 0. The van der Waals surface area contributed by atoms with Gasteiger partial charge in [-0.25, -0.2) is 0 Å². The fourth-order valence-electron chi connectivity index (χ4n) is 2.35. The quantitative estimate of drug-likeness (QED) is 0.273. The van der Waals surface area contributed by atoms with Crippen LogP contribution in [0.3, 0.4) is 0 Å². The first-order chi connectivity index (χ1) is 10.1. The van der Waals surface area contributed by atoms with Crippen LogP contribution in [0.15, 0.2) is 12.2 Å². The maximum atomic E-state index is 10.2. The fraction of sp³-hybridized carbons (Fsp3) is 0.833. The van der Waals surface area contributed by atoms with Gasteiger partial charge in [0.25, 0.3) is 0 Å². The van der Waals surface area contributed by atoms with Gasteiger partial charge in [0.1, 0.15) is 0 Å². The van der Waals surface area contributed by atoms with Gasteiger partial charge in [0.2, 0.25) is 0 Å². The second-order valence-electron chi connectivity index (χ2n) is 5.99. The predicted molar refractivity (Wildman–Crippen MR) is 85.8 cm³/mol. The van der Waals surface area contributed by atoms with Crippen molar-refractivity contribution in [3.63, 3.8) is 0 Å². The number of allylic oxidation sites excluding steroid dienone is 2. The molecule has 0 bridgehead atoms. The zero-order valence-electron chi connectivity index (χ0n) is 14.7. The van der Waals surface area contributed by atoms with Gasteiger partial charge in [-0.05, 0) is 51.9 Å². The molecule has 0 saturated heterocycles. The zero-order valence-corrected chi connectivity index (χ0v) is 17.8. The van der Waals surface area contributed by atoms with Gasteiger partial charge in [-0.15, -0.1) is 0 Å². The van der Waals surface area contributed by atoms with E-state index in [2.05, 4.69) is 12.2 Å². The van der Waals surface area contributed by atoms with Crippen LogP contribution in [0, 0.1) is 0 Å². The van der Waals surface area contributed by atoms with Crippen LogP contribution in [0.2, 0.25) is 0 Å². The summed E-state index contributed by atoms with van der Waals surface area (Å²) in [5.41, 5.74) is 0. The molecule has 1 N–H and O–H groups in total. The van der Waals surface area contributed by atoms with E-state index in [9.17, 15) is 9.90 Å². The van der Waals surface area contributed by atoms with Gasteiger partial charge >= 0.3 is 51.4 Å². The standard InChI is InChI=1S/C18H34O3.K/c1-17(19)15-13-11-9-7-5-3-2-4-6-8-10-12-14-16-18(20)21;/h2-3,17,19H,4-16H2,1H3,(H,20,21);/q;+1/p-1/b3-2-;. The number of hydrogen-bond acceptors (Lipinski definition) is 3. The van der Waals surface area contributed by atoms with Crippen molar-refractivity contribution in [2.24, 2.45) is 0 Å². The van der Waals surface area contributed by atoms with Gasteiger partial charge in [0.15, 0.2) is 0 Å². The molecule has 0 aromatic heterocycles. The zero-order chi connectivity index (χ0) is 15.8. The minimum absolute atomic E-state index is 0. The molecule has 0 spiro atoms. The molecule has 1 atom stereocenters. The van der Waals surface area contributed by atoms with Crippen LogP contribution >= 0.6 is 0 Å². The number of carboxylic acids is 1. The Balaban J connectivity index is 0. The average Bonchev–Trinajstić information content (AvgIpc) is 2.42. The Morgan fingerprint density at radius 3 is 1.86 bits per heavy atom. The van der Waals surface area contributed by atoms with Crippen LogP contribution in [-0.4, -0.2) is 17.2 Å². The maximum Gasteiger partial charge on any atom is 1.00 e. The molecule has 0 aromatic carbocycles. The molecular formula is C18H33KO3. The molecule has 0 aromatic rings. The van der Waals surface area contributed by atoms with E-state index in [-0.39, 0.29) is 63.9 Å². The van der Waals surface area contributed by atoms with Crippen LogP contribution in [0.25, 0.3) is 0 Å². The first kappa shape index (κ1) is 25.1. The summed E-state index contributed by atoms with van der Waals surface area (Å²) in [5, 5.41) is 19.3. The number of unbranched alkanes of at least 4 members (excludes halogenated alkanes) is 9. The monoisotopic (exact) mass is 336 g/mol. The molecule has 0 heterocycles. The molecular weight excluding hydrogens is 303 g/mol. The van der Waals surface area contributed by atoms with Gasteiger partial charge in [0, 0.05) is 5.97 Å². The smallest absolute Gasteiger partial charge is 0.550 e. The Morgan fingerprint density at radius 1 is 0.909 bits per heavy atom. The Bertz CT molecular complexity index is 265. The average molecular weight is 337 g/mol. The second kappa shape index (κ2) is 19.9. The number of rotatable bonds is 15. The van der Waals surface area contributed by atoms with Crippen molar-refractivity contribution < 1.29 is 66.4 Å². The third-order valence-corrected chi connectivity index (χ3v) is 3.66. The number of aliphatic hydroxyl groups is 1. The largest absolute Gasteiger partial charge is 1.00 e. The molecule has 0 aliphatic rings. The molecule has 124 valence electrons. The second-order valence-corrected chi connectivity index (χ2v) is 5.99. The Labute approximate surface area is 179 Å². The molecule has 0 amide bonds. The SMILES string of the molecule is CC(O)CCCCCC/C=C\CCCCCCCC(=O)[O-].[K+]. The topological polar surface area (TPSA) is 60.4 Å². The van der Waals surface area contributed by atoms with Crippen molar-refractivity contribution in [3.8, 4) is 0 Å². The number of carboxylic acid groups (broad SMARTS) is 1. The van der Waals surface area contributed by atoms with Crippen LogP contribution in [0.1, 0.15) is 90.4 Å². The van der Waals surface area contributed by atoms with Gasteiger partial charge in [-0.2, -0.15) is 0 Å². The molecule has 1 unspecified atom stereocenters. The third-order valence-electron chi connectivity index (χ3n) is 3.66. The van der Waals surface area contributed by atoms with E-state index in [1.165, 1.54) is 38.5 Å². The number of carbonyl (C=O) groups excluding carboxylic acids is 1. The van der Waals surface area contributed by atoms with Gasteiger partial charge in [0.05, 0.1) is 6.10 Å². The normalized spacial score (nSPS) is 12.3. The molecule has 0 aliphatic heterocycles. The van der Waals surface area contributed by atoms with E-state index >= 15 is 0 Å². The van der Waals surface area contributed by atoms with Crippen molar-refractivity contribution in [3.05, 3.63) is 12.2 Å². The predicted octanol–water partition coefficient (Wildman–Crippen LogP) is 0.749. The van der Waals surface area contributed by atoms with Crippen LogP contribution < -0.4 is 56.5 Å². The van der Waals surface area contributed by atoms with Crippen LogP contribution in [0.4, 0.5) is 0 Å². The summed E-state index contributed by atoms with van der Waals surface area (Å²) in [6.07, 6.45) is 18.0. The van der Waals surface area contributed by atoms with Crippen molar-refractivity contribution in [1.29, 1.82) is 0 Å². The molecule has 22 heavy (non-hydrogen) atoms. The molecule has 0 fully saturated rings. The molecule has 4 heteroatoms. The number of carbonyl (C=O) groups is 1. The molecule has 0 rings (SSSR count). The van der Waals surface area contributed by atoms with Crippen molar-refractivity contribution in [2.45, 2.75) is 96.5 Å². The summed E-state index contributed by atoms with van der Waals surface area (Å²) in [6.45, 7) is 1.85.